The number of fused-ring (bicyclic) bond motifs is 1. The quantitative estimate of drug-likeness (QED) is 0.831. The summed E-state index contributed by atoms with van der Waals surface area (Å²) in [5, 5.41) is 10.1. The summed E-state index contributed by atoms with van der Waals surface area (Å²) in [6.45, 7) is 4.25. The molecule has 1 N–H and O–H groups in total. The van der Waals surface area contributed by atoms with Crippen LogP contribution in [0.1, 0.15) is 12.0 Å². The Hall–Kier alpha value is -1.63. The van der Waals surface area contributed by atoms with E-state index >= 15 is 0 Å². The lowest BCUT2D eigenvalue weighted by Gasteiger charge is -2.43. The average Bonchev–Trinajstić information content (AvgIpc) is 3.02. The van der Waals surface area contributed by atoms with Gasteiger partial charge >= 0.3 is 0 Å². The van der Waals surface area contributed by atoms with Crippen LogP contribution in [0.15, 0.2) is 24.3 Å². The fourth-order valence-electron chi connectivity index (χ4n) is 4.23. The van der Waals surface area contributed by atoms with E-state index in [1.807, 2.05) is 17.0 Å². The molecule has 0 saturated carbocycles. The van der Waals surface area contributed by atoms with E-state index in [-0.39, 0.29) is 24.5 Å². The molecule has 1 aromatic rings. The third kappa shape index (κ3) is 3.81. The SMILES string of the molecule is COCC(=O)N1C[C@@H]2CCN(Cc3ccc(OC)cc3)C[C@]2(CO)C1. The van der Waals surface area contributed by atoms with Crippen molar-refractivity contribution in [2.24, 2.45) is 11.3 Å². The van der Waals surface area contributed by atoms with Gasteiger partial charge in [-0.25, -0.2) is 0 Å². The van der Waals surface area contributed by atoms with Crippen LogP contribution in [0.25, 0.3) is 0 Å². The highest BCUT2D eigenvalue weighted by atomic mass is 16.5. The summed E-state index contributed by atoms with van der Waals surface area (Å²) < 4.78 is 10.2. The molecular weight excluding hydrogens is 320 g/mol. The van der Waals surface area contributed by atoms with Crippen LogP contribution in [0.3, 0.4) is 0 Å². The number of hydrogen-bond donors (Lipinski definition) is 1. The number of amides is 1. The number of likely N-dealkylation sites (tertiary alicyclic amines) is 2. The van der Waals surface area contributed by atoms with Gasteiger partial charge in [0.25, 0.3) is 0 Å². The number of nitrogens with zero attached hydrogens (tertiary/aromatic N) is 2. The summed E-state index contributed by atoms with van der Waals surface area (Å²) in [4.78, 5) is 16.4. The van der Waals surface area contributed by atoms with E-state index in [1.54, 1.807) is 14.2 Å². The van der Waals surface area contributed by atoms with Gasteiger partial charge in [0.2, 0.25) is 5.91 Å². The van der Waals surface area contributed by atoms with Crippen molar-refractivity contribution >= 4 is 5.91 Å². The molecule has 2 atom stereocenters. The molecular formula is C19H28N2O4. The maximum Gasteiger partial charge on any atom is 0.248 e. The second-order valence-corrected chi connectivity index (χ2v) is 7.27. The number of hydrogen-bond acceptors (Lipinski definition) is 5. The van der Waals surface area contributed by atoms with Crippen molar-refractivity contribution in [1.82, 2.24) is 9.80 Å². The lowest BCUT2D eigenvalue weighted by atomic mass is 9.74. The molecule has 0 unspecified atom stereocenters. The van der Waals surface area contributed by atoms with Gasteiger partial charge in [-0.15, -0.1) is 0 Å². The topological polar surface area (TPSA) is 62.2 Å². The molecule has 2 heterocycles. The zero-order chi connectivity index (χ0) is 17.9. The molecule has 25 heavy (non-hydrogen) atoms. The number of aliphatic hydroxyl groups is 1. The van der Waals surface area contributed by atoms with Crippen molar-refractivity contribution in [3.8, 4) is 5.75 Å². The maximum atomic E-state index is 12.2. The van der Waals surface area contributed by atoms with Crippen molar-refractivity contribution in [3.63, 3.8) is 0 Å². The zero-order valence-corrected chi connectivity index (χ0v) is 15.1. The monoisotopic (exact) mass is 348 g/mol. The Bertz CT molecular complexity index is 592. The van der Waals surface area contributed by atoms with Crippen molar-refractivity contribution in [2.45, 2.75) is 13.0 Å². The van der Waals surface area contributed by atoms with Gasteiger partial charge in [-0.2, -0.15) is 0 Å². The second kappa shape index (κ2) is 7.72. The highest BCUT2D eigenvalue weighted by molar-refractivity contribution is 5.77. The first-order valence-electron chi connectivity index (χ1n) is 8.83. The highest BCUT2D eigenvalue weighted by Gasteiger charge is 2.50. The Morgan fingerprint density at radius 2 is 2.04 bits per heavy atom. The summed E-state index contributed by atoms with van der Waals surface area (Å²) in [5.41, 5.74) is 1.02. The number of benzene rings is 1. The standard InChI is InChI=1S/C19H28N2O4/c1-24-11-18(23)21-10-16-7-8-20(12-19(16,13-21)14-22)9-15-3-5-17(25-2)6-4-15/h3-6,16,22H,7-14H2,1-2H3/t16-,19+/m0/s1. The molecule has 138 valence electrons. The first kappa shape index (κ1) is 18.2. The largest absolute Gasteiger partial charge is 0.497 e. The van der Waals surface area contributed by atoms with Gasteiger partial charge in [0.1, 0.15) is 12.4 Å². The predicted molar refractivity (Wildman–Crippen MR) is 94.4 cm³/mol. The summed E-state index contributed by atoms with van der Waals surface area (Å²) in [6.07, 6.45) is 1.01. The molecule has 0 bridgehead atoms. The molecule has 0 radical (unpaired) electrons. The molecule has 0 spiro atoms. The van der Waals surface area contributed by atoms with Gasteiger partial charge in [0.05, 0.1) is 13.7 Å². The highest BCUT2D eigenvalue weighted by Crippen LogP contribution is 2.42. The number of piperidine rings is 1. The van der Waals surface area contributed by atoms with Gasteiger partial charge in [-0.05, 0) is 36.6 Å². The van der Waals surface area contributed by atoms with Crippen LogP contribution in [0.2, 0.25) is 0 Å². The zero-order valence-electron chi connectivity index (χ0n) is 15.1. The summed E-state index contributed by atoms with van der Waals surface area (Å²) in [5.74, 6) is 1.24. The van der Waals surface area contributed by atoms with Crippen LogP contribution >= 0.6 is 0 Å². The van der Waals surface area contributed by atoms with E-state index in [1.165, 1.54) is 5.56 Å². The molecule has 0 aliphatic carbocycles. The maximum absolute atomic E-state index is 12.2. The van der Waals surface area contributed by atoms with Crippen LogP contribution in [-0.2, 0) is 16.1 Å². The molecule has 2 aliphatic rings. The Labute approximate surface area is 149 Å². The minimum Gasteiger partial charge on any atom is -0.497 e. The molecule has 2 fully saturated rings. The second-order valence-electron chi connectivity index (χ2n) is 7.27. The fraction of sp³-hybridized carbons (Fsp3) is 0.632. The number of methoxy groups -OCH3 is 2. The number of carbonyl (C=O) groups excluding carboxylic acids is 1. The van der Waals surface area contributed by atoms with E-state index < -0.39 is 0 Å². The third-order valence-corrected chi connectivity index (χ3v) is 5.65. The minimum atomic E-state index is -0.214. The molecule has 3 rings (SSSR count). The van der Waals surface area contributed by atoms with Crippen molar-refractivity contribution in [1.29, 1.82) is 0 Å². The summed E-state index contributed by atoms with van der Waals surface area (Å²) in [6, 6.07) is 8.12. The van der Waals surface area contributed by atoms with E-state index in [0.29, 0.717) is 12.5 Å². The van der Waals surface area contributed by atoms with E-state index in [4.69, 9.17) is 9.47 Å². The van der Waals surface area contributed by atoms with Crippen LogP contribution in [0, 0.1) is 11.3 Å². The lowest BCUT2D eigenvalue weighted by Crippen LogP contribution is -2.50. The van der Waals surface area contributed by atoms with E-state index in [0.717, 1.165) is 38.3 Å². The van der Waals surface area contributed by atoms with Crippen LogP contribution in [-0.4, -0.2) is 74.4 Å². The lowest BCUT2D eigenvalue weighted by molar-refractivity contribution is -0.134. The first-order valence-corrected chi connectivity index (χ1v) is 8.83. The first-order chi connectivity index (χ1) is 12.1. The summed E-state index contributed by atoms with van der Waals surface area (Å²) in [7, 11) is 3.21. The van der Waals surface area contributed by atoms with Gasteiger partial charge < -0.3 is 19.5 Å². The van der Waals surface area contributed by atoms with Crippen LogP contribution < -0.4 is 4.74 Å². The van der Waals surface area contributed by atoms with Crippen molar-refractivity contribution in [2.75, 3.05) is 53.6 Å². The molecule has 2 saturated heterocycles. The Balaban J connectivity index is 1.66. The molecule has 1 amide bonds. The van der Waals surface area contributed by atoms with E-state index in [9.17, 15) is 9.90 Å². The Morgan fingerprint density at radius 3 is 2.68 bits per heavy atom. The normalized spacial score (nSPS) is 26.5. The number of ether oxygens (including phenoxy) is 2. The number of carbonyl (C=O) groups is 1. The molecule has 6 heteroatoms. The minimum absolute atomic E-state index is 0.0198. The van der Waals surface area contributed by atoms with E-state index in [2.05, 4.69) is 17.0 Å². The third-order valence-electron chi connectivity index (χ3n) is 5.65. The average molecular weight is 348 g/mol. The molecule has 2 aliphatic heterocycles. The fourth-order valence-corrected chi connectivity index (χ4v) is 4.23. The van der Waals surface area contributed by atoms with Gasteiger partial charge in [0.15, 0.2) is 0 Å². The molecule has 6 nitrogen and oxygen atoms in total. The van der Waals surface area contributed by atoms with Gasteiger partial charge in [-0.3, -0.25) is 9.69 Å². The predicted octanol–water partition coefficient (Wildman–Crippen LogP) is 0.984. The van der Waals surface area contributed by atoms with Crippen LogP contribution in [0.5, 0.6) is 5.75 Å². The van der Waals surface area contributed by atoms with Gasteiger partial charge in [0, 0.05) is 38.7 Å². The summed E-state index contributed by atoms with van der Waals surface area (Å²) >= 11 is 0. The van der Waals surface area contributed by atoms with Gasteiger partial charge in [-0.1, -0.05) is 12.1 Å². The Morgan fingerprint density at radius 1 is 1.28 bits per heavy atom. The van der Waals surface area contributed by atoms with Crippen molar-refractivity contribution < 1.29 is 19.4 Å². The number of aliphatic hydroxyl groups excluding tert-OH is 1. The Kier molecular flexibility index (Phi) is 5.61. The van der Waals surface area contributed by atoms with Crippen LogP contribution in [0.4, 0.5) is 0 Å². The molecule has 0 aromatic heterocycles. The number of rotatable bonds is 6. The molecule has 1 aromatic carbocycles. The smallest absolute Gasteiger partial charge is 0.248 e. The van der Waals surface area contributed by atoms with Crippen molar-refractivity contribution in [3.05, 3.63) is 29.8 Å².